The van der Waals surface area contributed by atoms with Gasteiger partial charge in [-0.1, -0.05) is 0 Å². The van der Waals surface area contributed by atoms with Gasteiger partial charge in [0.05, 0.1) is 19.3 Å². The van der Waals surface area contributed by atoms with E-state index in [4.69, 9.17) is 15.2 Å². The van der Waals surface area contributed by atoms with Crippen LogP contribution in [0.2, 0.25) is 0 Å². The predicted octanol–water partition coefficient (Wildman–Crippen LogP) is 0.919. The zero-order valence-corrected chi connectivity index (χ0v) is 8.08. The first-order valence-electron chi connectivity index (χ1n) is 5.31. The second-order valence-corrected chi connectivity index (χ2v) is 4.17. The maximum absolute atomic E-state index is 5.73. The van der Waals surface area contributed by atoms with Crippen LogP contribution < -0.4 is 5.73 Å². The van der Waals surface area contributed by atoms with Crippen molar-refractivity contribution >= 4 is 0 Å². The Kier molecular flexibility index (Phi) is 3.19. The van der Waals surface area contributed by atoms with E-state index in [0.29, 0.717) is 12.2 Å². The molecule has 0 aromatic heterocycles. The van der Waals surface area contributed by atoms with Gasteiger partial charge in [-0.15, -0.1) is 0 Å². The van der Waals surface area contributed by atoms with Crippen molar-refractivity contribution in [2.75, 3.05) is 19.8 Å². The van der Waals surface area contributed by atoms with Gasteiger partial charge in [0.25, 0.3) is 0 Å². The van der Waals surface area contributed by atoms with Crippen molar-refractivity contribution in [1.29, 1.82) is 0 Å². The molecule has 2 rings (SSSR count). The molecule has 2 aliphatic rings. The molecular weight excluding hydrogens is 166 g/mol. The number of nitrogens with two attached hydrogens (primary N) is 1. The number of rotatable bonds is 4. The fraction of sp³-hybridized carbons (Fsp3) is 1.00. The molecule has 1 saturated heterocycles. The van der Waals surface area contributed by atoms with E-state index in [1.54, 1.807) is 0 Å². The number of epoxide rings is 1. The summed E-state index contributed by atoms with van der Waals surface area (Å²) in [6, 6.07) is 0. The third-order valence-corrected chi connectivity index (χ3v) is 3.05. The first kappa shape index (κ1) is 9.44. The number of hydrogen-bond acceptors (Lipinski definition) is 3. The fourth-order valence-electron chi connectivity index (χ4n) is 1.94. The quantitative estimate of drug-likeness (QED) is 0.662. The normalized spacial score (nSPS) is 39.0. The van der Waals surface area contributed by atoms with Gasteiger partial charge >= 0.3 is 0 Å². The zero-order valence-electron chi connectivity index (χ0n) is 8.08. The lowest BCUT2D eigenvalue weighted by atomic mass is 9.87. The molecule has 3 nitrogen and oxygen atoms in total. The van der Waals surface area contributed by atoms with Crippen LogP contribution in [0.1, 0.15) is 25.7 Å². The SMILES string of the molecule is NCC1CCC(OCC2CO2)CC1. The average molecular weight is 185 g/mol. The van der Waals surface area contributed by atoms with Gasteiger partial charge in [0.2, 0.25) is 0 Å². The maximum Gasteiger partial charge on any atom is 0.104 e. The van der Waals surface area contributed by atoms with Crippen LogP contribution in [0, 0.1) is 5.92 Å². The van der Waals surface area contributed by atoms with Gasteiger partial charge in [-0.25, -0.2) is 0 Å². The number of hydrogen-bond donors (Lipinski definition) is 1. The zero-order chi connectivity index (χ0) is 9.10. The molecule has 0 aromatic rings. The van der Waals surface area contributed by atoms with Crippen LogP contribution in [-0.4, -0.2) is 32.0 Å². The Bertz CT molecular complexity index is 151. The summed E-state index contributed by atoms with van der Waals surface area (Å²) < 4.78 is 10.8. The van der Waals surface area contributed by atoms with E-state index < -0.39 is 0 Å². The molecule has 1 atom stereocenters. The second-order valence-electron chi connectivity index (χ2n) is 4.17. The maximum atomic E-state index is 5.73. The fourth-order valence-corrected chi connectivity index (χ4v) is 1.94. The van der Waals surface area contributed by atoms with Crippen molar-refractivity contribution < 1.29 is 9.47 Å². The molecule has 1 aliphatic carbocycles. The first-order chi connectivity index (χ1) is 6.38. The third-order valence-electron chi connectivity index (χ3n) is 3.05. The third kappa shape index (κ3) is 2.93. The van der Waals surface area contributed by atoms with Crippen molar-refractivity contribution in [2.24, 2.45) is 11.7 Å². The lowest BCUT2D eigenvalue weighted by molar-refractivity contribution is 0.0112. The highest BCUT2D eigenvalue weighted by Crippen LogP contribution is 2.26. The highest BCUT2D eigenvalue weighted by molar-refractivity contribution is 4.75. The second kappa shape index (κ2) is 4.40. The Hall–Kier alpha value is -0.120. The van der Waals surface area contributed by atoms with E-state index in [2.05, 4.69) is 0 Å². The minimum absolute atomic E-state index is 0.409. The van der Waals surface area contributed by atoms with Crippen LogP contribution in [0.25, 0.3) is 0 Å². The minimum Gasteiger partial charge on any atom is -0.375 e. The molecule has 3 heteroatoms. The summed E-state index contributed by atoms with van der Waals surface area (Å²) in [5, 5.41) is 0. The predicted molar refractivity (Wildman–Crippen MR) is 50.5 cm³/mol. The first-order valence-corrected chi connectivity index (χ1v) is 5.31. The Balaban J connectivity index is 1.59. The minimum atomic E-state index is 0.409. The summed E-state index contributed by atoms with van der Waals surface area (Å²) >= 11 is 0. The van der Waals surface area contributed by atoms with Crippen LogP contribution in [0.15, 0.2) is 0 Å². The van der Waals surface area contributed by atoms with E-state index in [0.717, 1.165) is 25.7 Å². The molecule has 1 heterocycles. The van der Waals surface area contributed by atoms with Crippen molar-refractivity contribution in [3.63, 3.8) is 0 Å². The molecule has 0 bridgehead atoms. The summed E-state index contributed by atoms with van der Waals surface area (Å²) in [6.45, 7) is 2.55. The lowest BCUT2D eigenvalue weighted by Gasteiger charge is -2.27. The van der Waals surface area contributed by atoms with E-state index in [-0.39, 0.29) is 0 Å². The molecule has 13 heavy (non-hydrogen) atoms. The monoisotopic (exact) mass is 185 g/mol. The summed E-state index contributed by atoms with van der Waals surface area (Å²) in [5.74, 6) is 0.747. The molecular formula is C10H19NO2. The molecule has 1 unspecified atom stereocenters. The van der Waals surface area contributed by atoms with E-state index in [9.17, 15) is 0 Å². The largest absolute Gasteiger partial charge is 0.375 e. The van der Waals surface area contributed by atoms with E-state index in [1.165, 1.54) is 25.7 Å². The van der Waals surface area contributed by atoms with Gasteiger partial charge in [-0.05, 0) is 38.1 Å². The molecule has 1 aliphatic heterocycles. The van der Waals surface area contributed by atoms with Crippen LogP contribution in [0.3, 0.4) is 0 Å². The lowest BCUT2D eigenvalue weighted by Crippen LogP contribution is -2.26. The van der Waals surface area contributed by atoms with Crippen molar-refractivity contribution in [1.82, 2.24) is 0 Å². The molecule has 2 N–H and O–H groups in total. The van der Waals surface area contributed by atoms with Crippen LogP contribution in [-0.2, 0) is 9.47 Å². The Morgan fingerprint density at radius 3 is 2.46 bits per heavy atom. The van der Waals surface area contributed by atoms with Gasteiger partial charge in [0, 0.05) is 0 Å². The van der Waals surface area contributed by atoms with Crippen molar-refractivity contribution in [3.8, 4) is 0 Å². The van der Waals surface area contributed by atoms with Crippen LogP contribution in [0.5, 0.6) is 0 Å². The van der Waals surface area contributed by atoms with Crippen molar-refractivity contribution in [2.45, 2.75) is 37.9 Å². The Labute approximate surface area is 79.6 Å². The number of ether oxygens (including phenoxy) is 2. The van der Waals surface area contributed by atoms with Gasteiger partial charge in [-0.3, -0.25) is 0 Å². The van der Waals surface area contributed by atoms with Gasteiger partial charge < -0.3 is 15.2 Å². The molecule has 2 fully saturated rings. The summed E-state index contributed by atoms with van der Waals surface area (Å²) in [4.78, 5) is 0. The summed E-state index contributed by atoms with van der Waals surface area (Å²) in [5.41, 5.74) is 5.62. The standard InChI is InChI=1S/C10H19NO2/c11-5-8-1-3-9(4-2-8)12-6-10-7-13-10/h8-10H,1-7,11H2. The van der Waals surface area contributed by atoms with E-state index in [1.807, 2.05) is 0 Å². The molecule has 76 valence electrons. The topological polar surface area (TPSA) is 47.8 Å². The van der Waals surface area contributed by atoms with Gasteiger partial charge in [-0.2, -0.15) is 0 Å². The highest BCUT2D eigenvalue weighted by Gasteiger charge is 2.26. The Morgan fingerprint density at radius 1 is 1.23 bits per heavy atom. The van der Waals surface area contributed by atoms with Crippen LogP contribution >= 0.6 is 0 Å². The summed E-state index contributed by atoms with van der Waals surface area (Å²) in [7, 11) is 0. The molecule has 0 aromatic carbocycles. The average Bonchev–Trinajstić information content (AvgIpc) is 2.99. The summed E-state index contributed by atoms with van der Waals surface area (Å²) in [6.07, 6.45) is 5.75. The molecule has 0 radical (unpaired) electrons. The van der Waals surface area contributed by atoms with Gasteiger partial charge in [0.1, 0.15) is 6.10 Å². The molecule has 1 saturated carbocycles. The van der Waals surface area contributed by atoms with Crippen LogP contribution in [0.4, 0.5) is 0 Å². The molecule has 0 amide bonds. The van der Waals surface area contributed by atoms with Gasteiger partial charge in [0.15, 0.2) is 0 Å². The Morgan fingerprint density at radius 2 is 1.92 bits per heavy atom. The van der Waals surface area contributed by atoms with Crippen molar-refractivity contribution in [3.05, 3.63) is 0 Å². The smallest absolute Gasteiger partial charge is 0.104 e. The highest BCUT2D eigenvalue weighted by atomic mass is 16.6. The molecule has 0 spiro atoms. The van der Waals surface area contributed by atoms with E-state index >= 15 is 0 Å².